The quantitative estimate of drug-likeness (QED) is 0.754. The van der Waals surface area contributed by atoms with Crippen molar-refractivity contribution in [3.05, 3.63) is 35.4 Å². The zero-order chi connectivity index (χ0) is 18.0. The van der Waals surface area contributed by atoms with E-state index in [0.29, 0.717) is 12.1 Å². The van der Waals surface area contributed by atoms with Crippen LogP contribution in [0.2, 0.25) is 0 Å². The molecule has 2 fully saturated rings. The summed E-state index contributed by atoms with van der Waals surface area (Å²) in [5.74, 6) is -0.0861. The van der Waals surface area contributed by atoms with E-state index in [1.54, 1.807) is 6.07 Å². The first-order valence-electron chi connectivity index (χ1n) is 9.18. The summed E-state index contributed by atoms with van der Waals surface area (Å²) in [6.45, 7) is 2.31. The minimum absolute atomic E-state index is 0. The molecule has 3 nitrogen and oxygen atoms in total. The molecule has 1 aliphatic carbocycles. The van der Waals surface area contributed by atoms with Crippen molar-refractivity contribution in [1.82, 2.24) is 4.90 Å². The van der Waals surface area contributed by atoms with E-state index in [9.17, 15) is 18.3 Å². The molecule has 1 aromatic rings. The smallest absolute Gasteiger partial charge is 0.393 e. The summed E-state index contributed by atoms with van der Waals surface area (Å²) in [6, 6.07) is 5.78. The van der Waals surface area contributed by atoms with Gasteiger partial charge < -0.3 is 15.7 Å². The molecular formula is C19H29Cl2F3N2O. The Morgan fingerprint density at radius 2 is 1.85 bits per heavy atom. The molecule has 0 spiro atoms. The number of alkyl halides is 3. The normalized spacial score (nSPS) is 27.5. The molecular weight excluding hydrogens is 400 g/mol. The van der Waals surface area contributed by atoms with Gasteiger partial charge in [0.05, 0.1) is 11.7 Å². The minimum Gasteiger partial charge on any atom is -0.393 e. The third-order valence-electron chi connectivity index (χ3n) is 5.70. The lowest BCUT2D eigenvalue weighted by Gasteiger charge is -2.37. The first-order valence-corrected chi connectivity index (χ1v) is 9.18. The van der Waals surface area contributed by atoms with Crippen molar-refractivity contribution in [1.29, 1.82) is 0 Å². The Bertz CT molecular complexity index is 588. The largest absolute Gasteiger partial charge is 0.416 e. The molecule has 1 aromatic carbocycles. The second-order valence-corrected chi connectivity index (χ2v) is 7.55. The van der Waals surface area contributed by atoms with E-state index in [-0.39, 0.29) is 42.7 Å². The van der Waals surface area contributed by atoms with E-state index < -0.39 is 17.8 Å². The van der Waals surface area contributed by atoms with Crippen LogP contribution in [-0.2, 0) is 6.18 Å². The van der Waals surface area contributed by atoms with Crippen LogP contribution >= 0.6 is 24.8 Å². The van der Waals surface area contributed by atoms with Crippen molar-refractivity contribution < 1.29 is 18.3 Å². The van der Waals surface area contributed by atoms with Crippen molar-refractivity contribution in [2.45, 2.75) is 56.3 Å². The van der Waals surface area contributed by atoms with Gasteiger partial charge in [0.15, 0.2) is 0 Å². The Morgan fingerprint density at radius 3 is 2.44 bits per heavy atom. The van der Waals surface area contributed by atoms with Crippen LogP contribution in [-0.4, -0.2) is 41.8 Å². The fourth-order valence-electron chi connectivity index (χ4n) is 4.35. The van der Waals surface area contributed by atoms with Crippen molar-refractivity contribution in [2.75, 3.05) is 19.6 Å². The SMILES string of the molecule is Cl.Cl.N[C@@H]1CCN(CC(c2cccc(C(F)(F)F)c2)C2CCCCC2O)C1. The van der Waals surface area contributed by atoms with Gasteiger partial charge in [-0.1, -0.05) is 31.0 Å². The number of nitrogens with two attached hydrogens (primary N) is 1. The molecule has 1 aliphatic heterocycles. The van der Waals surface area contributed by atoms with Crippen LogP contribution in [0.5, 0.6) is 0 Å². The Kier molecular flexibility index (Phi) is 9.35. The first kappa shape index (κ1) is 24.5. The van der Waals surface area contributed by atoms with Gasteiger partial charge in [0.25, 0.3) is 0 Å². The van der Waals surface area contributed by atoms with E-state index in [1.807, 2.05) is 0 Å². The van der Waals surface area contributed by atoms with Crippen LogP contribution in [0.1, 0.15) is 49.1 Å². The molecule has 0 amide bonds. The molecule has 3 N–H and O–H groups in total. The van der Waals surface area contributed by atoms with Gasteiger partial charge in [0.1, 0.15) is 0 Å². The van der Waals surface area contributed by atoms with Crippen LogP contribution in [0.25, 0.3) is 0 Å². The zero-order valence-corrected chi connectivity index (χ0v) is 16.8. The van der Waals surface area contributed by atoms with Crippen molar-refractivity contribution in [3.8, 4) is 0 Å². The average molecular weight is 429 g/mol. The summed E-state index contributed by atoms with van der Waals surface area (Å²) in [5.41, 5.74) is 6.06. The molecule has 27 heavy (non-hydrogen) atoms. The number of halogens is 5. The summed E-state index contributed by atoms with van der Waals surface area (Å²) in [5, 5.41) is 10.5. The molecule has 0 aromatic heterocycles. The molecule has 156 valence electrons. The number of rotatable bonds is 4. The molecule has 1 heterocycles. The van der Waals surface area contributed by atoms with E-state index in [0.717, 1.165) is 51.3 Å². The molecule has 2 aliphatic rings. The number of hydrogen-bond acceptors (Lipinski definition) is 3. The monoisotopic (exact) mass is 428 g/mol. The van der Waals surface area contributed by atoms with Crippen molar-refractivity contribution >= 4 is 24.8 Å². The Morgan fingerprint density at radius 1 is 1.15 bits per heavy atom. The van der Waals surface area contributed by atoms with Gasteiger partial charge in [-0.05, 0) is 43.4 Å². The number of aliphatic hydroxyl groups excluding tert-OH is 1. The third kappa shape index (κ3) is 6.23. The number of aliphatic hydroxyl groups is 1. The molecule has 0 radical (unpaired) electrons. The highest BCUT2D eigenvalue weighted by Crippen LogP contribution is 2.39. The van der Waals surface area contributed by atoms with Crippen LogP contribution in [0, 0.1) is 5.92 Å². The summed E-state index contributed by atoms with van der Waals surface area (Å²) in [7, 11) is 0. The van der Waals surface area contributed by atoms with Crippen molar-refractivity contribution in [3.63, 3.8) is 0 Å². The predicted octanol–water partition coefficient (Wildman–Crippen LogP) is 4.22. The van der Waals surface area contributed by atoms with Gasteiger partial charge in [0, 0.05) is 25.0 Å². The number of benzene rings is 1. The molecule has 3 unspecified atom stereocenters. The zero-order valence-electron chi connectivity index (χ0n) is 15.2. The minimum atomic E-state index is -4.35. The standard InChI is InChI=1S/C19H27F3N2O.2ClH/c20-19(21,22)14-5-3-4-13(10-14)17(12-24-9-8-15(23)11-24)16-6-1-2-7-18(16)25;;/h3-5,10,15-18,25H,1-2,6-9,11-12,23H2;2*1H/t15-,16?,17?,18?;;/m1../s1. The van der Waals surface area contributed by atoms with Gasteiger partial charge >= 0.3 is 6.18 Å². The topological polar surface area (TPSA) is 49.5 Å². The number of hydrogen-bond donors (Lipinski definition) is 2. The second kappa shape index (κ2) is 10.3. The van der Waals surface area contributed by atoms with Gasteiger partial charge in [-0.15, -0.1) is 24.8 Å². The predicted molar refractivity (Wildman–Crippen MR) is 106 cm³/mol. The highest BCUT2D eigenvalue weighted by Gasteiger charge is 2.36. The summed E-state index contributed by atoms with van der Waals surface area (Å²) < 4.78 is 39.4. The third-order valence-corrected chi connectivity index (χ3v) is 5.70. The molecule has 3 rings (SSSR count). The van der Waals surface area contributed by atoms with Crippen molar-refractivity contribution in [2.24, 2.45) is 11.7 Å². The lowest BCUT2D eigenvalue weighted by Crippen LogP contribution is -2.37. The summed E-state index contributed by atoms with van der Waals surface area (Å²) in [4.78, 5) is 2.23. The van der Waals surface area contributed by atoms with E-state index >= 15 is 0 Å². The van der Waals surface area contributed by atoms with Gasteiger partial charge in [-0.3, -0.25) is 0 Å². The van der Waals surface area contributed by atoms with E-state index in [1.165, 1.54) is 12.1 Å². The van der Waals surface area contributed by atoms with Crippen LogP contribution in [0.4, 0.5) is 13.2 Å². The Labute approximate surface area is 171 Å². The first-order chi connectivity index (χ1) is 11.8. The van der Waals surface area contributed by atoms with Gasteiger partial charge in [-0.25, -0.2) is 0 Å². The van der Waals surface area contributed by atoms with E-state index in [2.05, 4.69) is 4.90 Å². The van der Waals surface area contributed by atoms with Gasteiger partial charge in [0.2, 0.25) is 0 Å². The van der Waals surface area contributed by atoms with Crippen LogP contribution < -0.4 is 5.73 Å². The fourth-order valence-corrected chi connectivity index (χ4v) is 4.35. The number of likely N-dealkylation sites (tertiary alicyclic amines) is 1. The van der Waals surface area contributed by atoms with E-state index in [4.69, 9.17) is 5.73 Å². The van der Waals surface area contributed by atoms with Crippen LogP contribution in [0.15, 0.2) is 24.3 Å². The van der Waals surface area contributed by atoms with Gasteiger partial charge in [-0.2, -0.15) is 13.2 Å². The molecule has 8 heteroatoms. The fraction of sp³-hybridized carbons (Fsp3) is 0.684. The highest BCUT2D eigenvalue weighted by atomic mass is 35.5. The summed E-state index contributed by atoms with van der Waals surface area (Å²) in [6.07, 6.45) is -0.256. The second-order valence-electron chi connectivity index (χ2n) is 7.55. The molecule has 1 saturated heterocycles. The number of nitrogens with zero attached hydrogens (tertiary/aromatic N) is 1. The molecule has 0 bridgehead atoms. The molecule has 1 saturated carbocycles. The summed E-state index contributed by atoms with van der Waals surface area (Å²) >= 11 is 0. The maximum absolute atomic E-state index is 13.1. The Hall–Kier alpha value is -0.530. The highest BCUT2D eigenvalue weighted by molar-refractivity contribution is 5.85. The Balaban J connectivity index is 0.00000182. The maximum atomic E-state index is 13.1. The van der Waals surface area contributed by atoms with Crippen LogP contribution in [0.3, 0.4) is 0 Å². The maximum Gasteiger partial charge on any atom is 0.416 e. The average Bonchev–Trinajstić information content (AvgIpc) is 2.98. The lowest BCUT2D eigenvalue weighted by molar-refractivity contribution is -0.137. The lowest BCUT2D eigenvalue weighted by atomic mass is 9.74. The molecule has 4 atom stereocenters.